The first-order chi connectivity index (χ1) is 7.95. The predicted octanol–water partition coefficient (Wildman–Crippen LogP) is 1.79. The van der Waals surface area contributed by atoms with Crippen molar-refractivity contribution >= 4 is 17.5 Å². The number of carbonyl (C=O) groups is 1. The molecular weight excluding hydrogens is 242 g/mol. The number of aromatic hydroxyl groups is 1. The number of phenols is 1. The van der Waals surface area contributed by atoms with Gasteiger partial charge in [0, 0.05) is 5.56 Å². The Labute approximate surface area is 105 Å². The summed E-state index contributed by atoms with van der Waals surface area (Å²) in [6.07, 6.45) is 0. The molecule has 1 rings (SSSR count). The molecule has 94 valence electrons. The van der Waals surface area contributed by atoms with Crippen LogP contribution < -0.4 is 5.32 Å². The quantitative estimate of drug-likeness (QED) is 0.770. The lowest BCUT2D eigenvalue weighted by atomic mass is 10.0. The molecule has 0 radical (unpaired) electrons. The molecule has 1 amide bonds. The second kappa shape index (κ2) is 5.89. The lowest BCUT2D eigenvalue weighted by molar-refractivity contribution is 0.0897. The fourth-order valence-corrected chi connectivity index (χ4v) is 1.50. The van der Waals surface area contributed by atoms with E-state index in [1.807, 2.05) is 13.8 Å². The third-order valence-electron chi connectivity index (χ3n) is 2.53. The van der Waals surface area contributed by atoms with E-state index in [4.69, 9.17) is 16.7 Å². The van der Waals surface area contributed by atoms with Crippen molar-refractivity contribution < 1.29 is 15.0 Å². The summed E-state index contributed by atoms with van der Waals surface area (Å²) in [5.74, 6) is -0.248. The Morgan fingerprint density at radius 1 is 1.47 bits per heavy atom. The molecule has 0 unspecified atom stereocenters. The number of carbonyl (C=O) groups excluding carboxylic acids is 1. The van der Waals surface area contributed by atoms with Gasteiger partial charge in [0.15, 0.2) is 0 Å². The number of benzene rings is 1. The van der Waals surface area contributed by atoms with Gasteiger partial charge in [0.05, 0.1) is 17.7 Å². The van der Waals surface area contributed by atoms with Gasteiger partial charge in [-0.3, -0.25) is 4.79 Å². The third-order valence-corrected chi connectivity index (χ3v) is 2.83. The summed E-state index contributed by atoms with van der Waals surface area (Å²) in [5.41, 5.74) is 0.354. The van der Waals surface area contributed by atoms with Gasteiger partial charge < -0.3 is 15.5 Å². The van der Waals surface area contributed by atoms with Gasteiger partial charge in [0.2, 0.25) is 0 Å². The topological polar surface area (TPSA) is 69.6 Å². The zero-order chi connectivity index (χ0) is 13.0. The van der Waals surface area contributed by atoms with Gasteiger partial charge >= 0.3 is 0 Å². The molecule has 1 atom stereocenters. The first-order valence-corrected chi connectivity index (χ1v) is 5.73. The molecule has 0 aliphatic heterocycles. The van der Waals surface area contributed by atoms with Crippen LogP contribution in [0.25, 0.3) is 0 Å². The molecule has 0 aromatic heterocycles. The van der Waals surface area contributed by atoms with Gasteiger partial charge in [-0.2, -0.15) is 0 Å². The van der Waals surface area contributed by atoms with Crippen molar-refractivity contribution in [2.75, 3.05) is 6.61 Å². The minimum atomic E-state index is -0.320. The molecule has 1 aromatic rings. The van der Waals surface area contributed by atoms with Crippen LogP contribution in [0.5, 0.6) is 5.75 Å². The van der Waals surface area contributed by atoms with Crippen molar-refractivity contribution in [1.29, 1.82) is 0 Å². The summed E-state index contributed by atoms with van der Waals surface area (Å²) in [6, 6.07) is 3.93. The summed E-state index contributed by atoms with van der Waals surface area (Å²) in [5, 5.41) is 21.2. The molecule has 0 aliphatic rings. The Morgan fingerprint density at radius 3 is 2.59 bits per heavy atom. The van der Waals surface area contributed by atoms with Crippen LogP contribution in [0, 0.1) is 5.92 Å². The Morgan fingerprint density at radius 2 is 2.12 bits per heavy atom. The number of amides is 1. The Kier molecular flexibility index (Phi) is 4.78. The predicted molar refractivity (Wildman–Crippen MR) is 66.3 cm³/mol. The van der Waals surface area contributed by atoms with Gasteiger partial charge in [-0.05, 0) is 24.1 Å². The van der Waals surface area contributed by atoms with E-state index in [9.17, 15) is 9.90 Å². The van der Waals surface area contributed by atoms with Crippen LogP contribution in [0.15, 0.2) is 18.2 Å². The van der Waals surface area contributed by atoms with Crippen LogP contribution in [-0.2, 0) is 0 Å². The lowest BCUT2D eigenvalue weighted by Gasteiger charge is -2.19. The molecule has 0 aliphatic carbocycles. The molecule has 17 heavy (non-hydrogen) atoms. The highest BCUT2D eigenvalue weighted by Crippen LogP contribution is 2.23. The van der Waals surface area contributed by atoms with E-state index in [-0.39, 0.29) is 35.2 Å². The fraction of sp³-hybridized carbons (Fsp3) is 0.417. The van der Waals surface area contributed by atoms with Crippen LogP contribution in [0.1, 0.15) is 24.2 Å². The van der Waals surface area contributed by atoms with Crippen LogP contribution in [0.2, 0.25) is 5.02 Å². The van der Waals surface area contributed by atoms with E-state index in [1.165, 1.54) is 18.2 Å². The number of rotatable bonds is 4. The van der Waals surface area contributed by atoms with Gasteiger partial charge in [0.25, 0.3) is 5.91 Å². The highest BCUT2D eigenvalue weighted by Gasteiger charge is 2.16. The zero-order valence-corrected chi connectivity index (χ0v) is 10.5. The lowest BCUT2D eigenvalue weighted by Crippen LogP contribution is -2.41. The second-order valence-electron chi connectivity index (χ2n) is 4.17. The molecule has 0 spiro atoms. The summed E-state index contributed by atoms with van der Waals surface area (Å²) in [6.45, 7) is 3.70. The Hall–Kier alpha value is -1.26. The number of aliphatic hydroxyl groups excluding tert-OH is 1. The summed E-state index contributed by atoms with van der Waals surface area (Å²) < 4.78 is 0. The molecule has 3 N–H and O–H groups in total. The molecule has 1 aromatic carbocycles. The maximum absolute atomic E-state index is 11.8. The monoisotopic (exact) mass is 257 g/mol. The summed E-state index contributed by atoms with van der Waals surface area (Å²) >= 11 is 5.71. The van der Waals surface area contributed by atoms with Crippen molar-refractivity contribution in [2.45, 2.75) is 19.9 Å². The van der Waals surface area contributed by atoms with Crippen molar-refractivity contribution in [3.63, 3.8) is 0 Å². The molecule has 4 nitrogen and oxygen atoms in total. The average Bonchev–Trinajstić information content (AvgIpc) is 2.28. The first-order valence-electron chi connectivity index (χ1n) is 5.36. The number of halogens is 1. The van der Waals surface area contributed by atoms with E-state index in [2.05, 4.69) is 5.32 Å². The number of hydrogen-bond acceptors (Lipinski definition) is 3. The number of aliphatic hydroxyl groups is 1. The summed E-state index contributed by atoms with van der Waals surface area (Å²) in [7, 11) is 0. The third kappa shape index (κ3) is 3.61. The van der Waals surface area contributed by atoms with Gasteiger partial charge in [0.1, 0.15) is 5.75 Å². The standard InChI is InChI=1S/C12H16ClNO3/c1-7(2)10(6-15)14-12(17)8-3-4-11(16)9(13)5-8/h3-5,7,10,15-16H,6H2,1-2H3,(H,14,17)/t10-/m1/s1. The van der Waals surface area contributed by atoms with Crippen LogP contribution in [0.4, 0.5) is 0 Å². The highest BCUT2D eigenvalue weighted by atomic mass is 35.5. The second-order valence-corrected chi connectivity index (χ2v) is 4.58. The largest absolute Gasteiger partial charge is 0.506 e. The van der Waals surface area contributed by atoms with Crippen LogP contribution >= 0.6 is 11.6 Å². The maximum atomic E-state index is 11.8. The van der Waals surface area contributed by atoms with E-state index in [0.717, 1.165) is 0 Å². The van der Waals surface area contributed by atoms with Gasteiger partial charge in [-0.1, -0.05) is 25.4 Å². The van der Waals surface area contributed by atoms with Crippen molar-refractivity contribution in [2.24, 2.45) is 5.92 Å². The van der Waals surface area contributed by atoms with E-state index >= 15 is 0 Å². The van der Waals surface area contributed by atoms with Crippen LogP contribution in [0.3, 0.4) is 0 Å². The normalized spacial score (nSPS) is 12.5. The van der Waals surface area contributed by atoms with Gasteiger partial charge in [-0.15, -0.1) is 0 Å². The number of hydrogen-bond donors (Lipinski definition) is 3. The first kappa shape index (κ1) is 13.8. The minimum Gasteiger partial charge on any atom is -0.506 e. The van der Waals surface area contributed by atoms with Crippen molar-refractivity contribution in [3.8, 4) is 5.75 Å². The molecular formula is C12H16ClNO3. The smallest absolute Gasteiger partial charge is 0.251 e. The number of nitrogens with one attached hydrogen (secondary N) is 1. The van der Waals surface area contributed by atoms with Gasteiger partial charge in [-0.25, -0.2) is 0 Å². The van der Waals surface area contributed by atoms with Crippen molar-refractivity contribution in [3.05, 3.63) is 28.8 Å². The molecule has 0 saturated heterocycles. The highest BCUT2D eigenvalue weighted by molar-refractivity contribution is 6.32. The van der Waals surface area contributed by atoms with Crippen LogP contribution in [-0.4, -0.2) is 28.8 Å². The number of phenolic OH excluding ortho intramolecular Hbond substituents is 1. The van der Waals surface area contributed by atoms with Crippen molar-refractivity contribution in [1.82, 2.24) is 5.32 Å². The SMILES string of the molecule is CC(C)[C@@H](CO)NC(=O)c1ccc(O)c(Cl)c1. The zero-order valence-electron chi connectivity index (χ0n) is 9.77. The summed E-state index contributed by atoms with van der Waals surface area (Å²) in [4.78, 5) is 11.8. The Bertz CT molecular complexity index is 407. The molecule has 0 fully saturated rings. The maximum Gasteiger partial charge on any atom is 0.251 e. The molecule has 0 bridgehead atoms. The average molecular weight is 258 g/mol. The van der Waals surface area contributed by atoms with E-state index in [0.29, 0.717) is 5.56 Å². The minimum absolute atomic E-state index is 0.0641. The molecule has 0 heterocycles. The molecule has 0 saturated carbocycles. The Balaban J connectivity index is 2.79. The van der Waals surface area contributed by atoms with E-state index in [1.54, 1.807) is 0 Å². The van der Waals surface area contributed by atoms with E-state index < -0.39 is 0 Å². The molecule has 5 heteroatoms. The fourth-order valence-electron chi connectivity index (χ4n) is 1.32.